The topological polar surface area (TPSA) is 200 Å². The molecule has 0 aromatic carbocycles. The Kier molecular flexibility index (Phi) is 13.6. The summed E-state index contributed by atoms with van der Waals surface area (Å²) in [5.41, 5.74) is -3.88. The van der Waals surface area contributed by atoms with Gasteiger partial charge in [0.2, 0.25) is 0 Å². The lowest BCUT2D eigenvalue weighted by molar-refractivity contribution is -0.160. The van der Waals surface area contributed by atoms with Gasteiger partial charge in [-0.1, -0.05) is 0 Å². The SMILES string of the molecule is COC(=O)[C@H](CSc1c(SC[C@H](NC(=O)OC(C)(C)C)C(=O)OC)c(=O)n2n(c1=O)CC(C(=O)OC(C)(C)C)C2)NC(=O)OC(C)(C)C. The third kappa shape index (κ3) is 12.1. The second-order valence-electron chi connectivity index (χ2n) is 13.7. The summed E-state index contributed by atoms with van der Waals surface area (Å²) in [4.78, 5) is 90.7. The third-order valence-electron chi connectivity index (χ3n) is 6.02. The van der Waals surface area contributed by atoms with Gasteiger partial charge in [-0.2, -0.15) is 0 Å². The van der Waals surface area contributed by atoms with Crippen molar-refractivity contribution in [1.29, 1.82) is 0 Å². The van der Waals surface area contributed by atoms with Crippen molar-refractivity contribution in [3.63, 3.8) is 0 Å². The van der Waals surface area contributed by atoms with E-state index >= 15 is 0 Å². The quantitative estimate of drug-likeness (QED) is 0.192. The molecule has 0 saturated carbocycles. The number of fused-ring (bicyclic) bond motifs is 1. The van der Waals surface area contributed by atoms with Gasteiger partial charge in [0, 0.05) is 11.5 Å². The minimum atomic E-state index is -1.29. The molecule has 2 amide bonds. The van der Waals surface area contributed by atoms with Crippen molar-refractivity contribution in [2.24, 2.45) is 5.92 Å². The molecule has 1 aliphatic rings. The molecular weight excluding hydrogens is 672 g/mol. The molecule has 18 heteroatoms. The second kappa shape index (κ2) is 16.2. The summed E-state index contributed by atoms with van der Waals surface area (Å²) >= 11 is 1.58. The van der Waals surface area contributed by atoms with Gasteiger partial charge in [-0.05, 0) is 62.3 Å². The molecule has 0 aliphatic carbocycles. The summed E-state index contributed by atoms with van der Waals surface area (Å²) in [6.45, 7) is 14.6. The average Bonchev–Trinajstić information content (AvgIpc) is 3.39. The van der Waals surface area contributed by atoms with Gasteiger partial charge in [0.05, 0.1) is 43.0 Å². The first-order chi connectivity index (χ1) is 22.0. The Labute approximate surface area is 287 Å². The van der Waals surface area contributed by atoms with E-state index in [4.69, 9.17) is 23.7 Å². The Balaban J connectivity index is 2.54. The summed E-state index contributed by atoms with van der Waals surface area (Å²) in [7, 11) is 2.24. The minimum Gasteiger partial charge on any atom is -0.467 e. The van der Waals surface area contributed by atoms with Crippen molar-refractivity contribution in [3.8, 4) is 0 Å². The van der Waals surface area contributed by atoms with Crippen molar-refractivity contribution in [2.75, 3.05) is 25.7 Å². The van der Waals surface area contributed by atoms with Crippen molar-refractivity contribution in [1.82, 2.24) is 20.0 Å². The number of methoxy groups -OCH3 is 2. The highest BCUT2D eigenvalue weighted by Gasteiger charge is 2.36. The highest BCUT2D eigenvalue weighted by molar-refractivity contribution is 8.02. The molecule has 0 spiro atoms. The molecule has 0 fully saturated rings. The molecule has 270 valence electrons. The van der Waals surface area contributed by atoms with Gasteiger partial charge in [-0.15, -0.1) is 23.5 Å². The number of hydrogen-bond donors (Lipinski definition) is 2. The average molecular weight is 719 g/mol. The number of alkyl carbamates (subject to hydrolysis) is 2. The predicted octanol–water partition coefficient (Wildman–Crippen LogP) is 2.30. The molecule has 2 rings (SSSR count). The van der Waals surface area contributed by atoms with Crippen LogP contribution in [0.4, 0.5) is 9.59 Å². The maximum absolute atomic E-state index is 13.9. The van der Waals surface area contributed by atoms with E-state index in [0.717, 1.165) is 47.1 Å². The molecule has 2 atom stereocenters. The van der Waals surface area contributed by atoms with Gasteiger partial charge in [-0.25, -0.2) is 28.5 Å². The molecule has 1 aromatic heterocycles. The number of ether oxygens (including phenoxy) is 5. The van der Waals surface area contributed by atoms with Crippen LogP contribution >= 0.6 is 23.5 Å². The first-order valence-corrected chi connectivity index (χ1v) is 16.9. The molecule has 0 saturated heterocycles. The first kappa shape index (κ1) is 40.5. The predicted molar refractivity (Wildman–Crippen MR) is 176 cm³/mol. The number of nitrogens with one attached hydrogen (secondary N) is 2. The van der Waals surface area contributed by atoms with Crippen molar-refractivity contribution < 1.29 is 47.7 Å². The third-order valence-corrected chi connectivity index (χ3v) is 8.49. The molecule has 0 radical (unpaired) electrons. The zero-order chi connectivity index (χ0) is 36.8. The fraction of sp³-hybridized carbons (Fsp3) is 0.700. The normalized spacial score (nSPS) is 14.6. The Morgan fingerprint density at radius 1 is 0.667 bits per heavy atom. The lowest BCUT2D eigenvalue weighted by atomic mass is 10.1. The van der Waals surface area contributed by atoms with E-state index in [1.54, 1.807) is 62.3 Å². The standard InChI is InChI=1S/C30H46N4O12S2/c1-28(2,3)44-23(37)16-12-33-21(35)19(47-14-17(24(38)42-10)31-26(40)45-29(4,5)6)20(22(36)34(33)13-16)48-15-18(25(39)43-11)32-27(41)46-30(7,8)9/h16-18H,12-15H2,1-11H3,(H,31,40)(H,32,41)/t17-,18-/m0/s1. The molecular formula is C30H46N4O12S2. The summed E-state index contributed by atoms with van der Waals surface area (Å²) in [6.07, 6.45) is -1.82. The number of thioether (sulfide) groups is 2. The Hall–Kier alpha value is -3.67. The zero-order valence-corrected chi connectivity index (χ0v) is 30.8. The molecule has 2 heterocycles. The van der Waals surface area contributed by atoms with Crippen LogP contribution in [-0.4, -0.2) is 94.1 Å². The van der Waals surface area contributed by atoms with E-state index in [9.17, 15) is 33.6 Å². The Bertz CT molecular complexity index is 1400. The van der Waals surface area contributed by atoms with Crippen LogP contribution in [0.25, 0.3) is 0 Å². The highest BCUT2D eigenvalue weighted by atomic mass is 32.2. The summed E-state index contributed by atoms with van der Waals surface area (Å²) in [5.74, 6) is -3.63. The molecule has 1 aromatic rings. The van der Waals surface area contributed by atoms with Gasteiger partial charge in [-0.3, -0.25) is 14.4 Å². The van der Waals surface area contributed by atoms with E-state index in [-0.39, 0.29) is 34.4 Å². The molecule has 0 unspecified atom stereocenters. The van der Waals surface area contributed by atoms with Crippen LogP contribution in [0, 0.1) is 5.92 Å². The lowest BCUT2D eigenvalue weighted by Crippen LogP contribution is -2.46. The zero-order valence-electron chi connectivity index (χ0n) is 29.2. The number of carbonyl (C=O) groups excluding carboxylic acids is 5. The van der Waals surface area contributed by atoms with Crippen molar-refractivity contribution >= 4 is 53.6 Å². The van der Waals surface area contributed by atoms with Crippen molar-refractivity contribution in [3.05, 3.63) is 20.7 Å². The summed E-state index contributed by atoms with van der Waals surface area (Å²) in [6, 6.07) is -2.58. The van der Waals surface area contributed by atoms with Crippen LogP contribution in [-0.2, 0) is 51.2 Å². The fourth-order valence-electron chi connectivity index (χ4n) is 4.13. The maximum Gasteiger partial charge on any atom is 0.408 e. The van der Waals surface area contributed by atoms with E-state index in [2.05, 4.69) is 10.6 Å². The molecule has 0 bridgehead atoms. The van der Waals surface area contributed by atoms with E-state index in [1.165, 1.54) is 0 Å². The van der Waals surface area contributed by atoms with Crippen LogP contribution in [0.1, 0.15) is 62.3 Å². The molecule has 48 heavy (non-hydrogen) atoms. The van der Waals surface area contributed by atoms with Crippen LogP contribution in [0.2, 0.25) is 0 Å². The molecule has 2 N–H and O–H groups in total. The number of carbonyl (C=O) groups is 5. The molecule has 1 aliphatic heterocycles. The van der Waals surface area contributed by atoms with Crippen LogP contribution in [0.3, 0.4) is 0 Å². The number of nitrogens with zero attached hydrogens (tertiary/aromatic N) is 2. The number of esters is 3. The highest BCUT2D eigenvalue weighted by Crippen LogP contribution is 2.29. The van der Waals surface area contributed by atoms with Gasteiger partial charge in [0.15, 0.2) is 0 Å². The number of amides is 2. The molecule has 16 nitrogen and oxygen atoms in total. The number of rotatable bonds is 11. The maximum atomic E-state index is 13.9. The largest absolute Gasteiger partial charge is 0.467 e. The monoisotopic (exact) mass is 718 g/mol. The number of hydrogen-bond acceptors (Lipinski definition) is 14. The van der Waals surface area contributed by atoms with Crippen molar-refractivity contribution in [2.45, 2.75) is 114 Å². The van der Waals surface area contributed by atoms with E-state index in [1.807, 2.05) is 0 Å². The fourth-order valence-corrected chi connectivity index (χ4v) is 6.48. The van der Waals surface area contributed by atoms with Gasteiger partial charge < -0.3 is 34.3 Å². The minimum absolute atomic E-state index is 0.119. The van der Waals surface area contributed by atoms with Gasteiger partial charge in [0.1, 0.15) is 28.9 Å². The Morgan fingerprint density at radius 3 is 1.29 bits per heavy atom. The smallest absolute Gasteiger partial charge is 0.408 e. The summed E-state index contributed by atoms with van der Waals surface area (Å²) < 4.78 is 27.9. The summed E-state index contributed by atoms with van der Waals surface area (Å²) in [5, 5.41) is 4.84. The van der Waals surface area contributed by atoms with Crippen LogP contribution in [0.5, 0.6) is 0 Å². The van der Waals surface area contributed by atoms with E-state index < -0.39 is 76.0 Å². The van der Waals surface area contributed by atoms with Crippen LogP contribution in [0.15, 0.2) is 19.4 Å². The van der Waals surface area contributed by atoms with Crippen LogP contribution < -0.4 is 21.8 Å². The van der Waals surface area contributed by atoms with Gasteiger partial charge >= 0.3 is 30.1 Å². The lowest BCUT2D eigenvalue weighted by Gasteiger charge is -2.23. The Morgan fingerprint density at radius 2 is 1.00 bits per heavy atom. The van der Waals surface area contributed by atoms with E-state index in [0.29, 0.717) is 0 Å². The number of aromatic nitrogens is 2. The second-order valence-corrected chi connectivity index (χ2v) is 15.8. The first-order valence-electron chi connectivity index (χ1n) is 15.0. The van der Waals surface area contributed by atoms with Gasteiger partial charge in [0.25, 0.3) is 11.1 Å².